The first-order chi connectivity index (χ1) is 12.2. The van der Waals surface area contributed by atoms with Crippen LogP contribution >= 0.6 is 0 Å². The Kier molecular flexibility index (Phi) is 4.89. The largest absolute Gasteiger partial charge is 0.493 e. The molecule has 0 fully saturated rings. The minimum Gasteiger partial charge on any atom is -0.493 e. The van der Waals surface area contributed by atoms with E-state index in [9.17, 15) is 0 Å². The first kappa shape index (κ1) is 16.8. The third-order valence-corrected chi connectivity index (χ3v) is 4.25. The molecule has 0 saturated heterocycles. The van der Waals surface area contributed by atoms with E-state index in [2.05, 4.69) is 48.0 Å². The van der Waals surface area contributed by atoms with Crippen molar-refractivity contribution >= 4 is 23.1 Å². The van der Waals surface area contributed by atoms with Crippen molar-refractivity contribution in [2.75, 3.05) is 21.3 Å². The molecule has 0 aliphatic heterocycles. The van der Waals surface area contributed by atoms with E-state index < -0.39 is 0 Å². The molecule has 25 heavy (non-hydrogen) atoms. The van der Waals surface area contributed by atoms with Crippen molar-refractivity contribution in [3.63, 3.8) is 0 Å². The third kappa shape index (κ3) is 3.29. The molecule has 0 bridgehead atoms. The number of aromatic nitrogens is 1. The molecule has 0 aliphatic rings. The fourth-order valence-corrected chi connectivity index (χ4v) is 2.91. The number of nitrogens with zero attached hydrogens (tertiary/aromatic N) is 1. The zero-order valence-electron chi connectivity index (χ0n) is 14.9. The van der Waals surface area contributed by atoms with Gasteiger partial charge in [0.2, 0.25) is 17.0 Å². The van der Waals surface area contributed by atoms with Gasteiger partial charge in [-0.25, -0.2) is 0 Å². The summed E-state index contributed by atoms with van der Waals surface area (Å²) in [6.07, 6.45) is 4.11. The summed E-state index contributed by atoms with van der Waals surface area (Å²) < 4.78 is 18.4. The Morgan fingerprint density at radius 1 is 0.800 bits per heavy atom. The minimum absolute atomic E-state index is 0.596. The Bertz CT molecular complexity index is 907. The standard InChI is InChI=1S/C21H22NO3/c1-22-17(12-10-16-7-5-6-8-18(16)22)11-9-15-13-19(23-2)21(25-4)20(14-15)24-3/h5-14H,1-4H3/q+1. The van der Waals surface area contributed by atoms with Gasteiger partial charge in [0.1, 0.15) is 7.05 Å². The molecule has 2 aromatic carbocycles. The van der Waals surface area contributed by atoms with E-state index in [4.69, 9.17) is 14.2 Å². The van der Waals surface area contributed by atoms with Crippen LogP contribution in [0.1, 0.15) is 11.3 Å². The molecule has 1 heterocycles. The van der Waals surface area contributed by atoms with Gasteiger partial charge in [0.15, 0.2) is 11.5 Å². The Morgan fingerprint density at radius 2 is 1.48 bits per heavy atom. The number of benzene rings is 2. The molecule has 4 nitrogen and oxygen atoms in total. The van der Waals surface area contributed by atoms with Gasteiger partial charge in [-0.15, -0.1) is 0 Å². The summed E-state index contributed by atoms with van der Waals surface area (Å²) in [5.74, 6) is 1.88. The van der Waals surface area contributed by atoms with Crippen molar-refractivity contribution in [3.05, 3.63) is 59.8 Å². The Morgan fingerprint density at radius 3 is 2.12 bits per heavy atom. The van der Waals surface area contributed by atoms with E-state index in [1.54, 1.807) is 21.3 Å². The van der Waals surface area contributed by atoms with Crippen molar-refractivity contribution in [2.24, 2.45) is 7.05 Å². The number of fused-ring (bicyclic) bond motifs is 1. The first-order valence-electron chi connectivity index (χ1n) is 8.03. The molecule has 0 N–H and O–H groups in total. The van der Waals surface area contributed by atoms with Gasteiger partial charge in [-0.2, -0.15) is 4.57 Å². The lowest BCUT2D eigenvalue weighted by Crippen LogP contribution is -2.32. The van der Waals surface area contributed by atoms with Crippen LogP contribution in [0.3, 0.4) is 0 Å². The van der Waals surface area contributed by atoms with Crippen molar-refractivity contribution < 1.29 is 18.8 Å². The van der Waals surface area contributed by atoms with Gasteiger partial charge in [-0.3, -0.25) is 0 Å². The molecule has 0 radical (unpaired) electrons. The van der Waals surface area contributed by atoms with Crippen molar-refractivity contribution in [3.8, 4) is 17.2 Å². The number of hydrogen-bond donors (Lipinski definition) is 0. The lowest BCUT2D eigenvalue weighted by molar-refractivity contribution is -0.646. The summed E-state index contributed by atoms with van der Waals surface area (Å²) in [6.45, 7) is 0. The molecule has 0 spiro atoms. The maximum atomic E-state index is 5.41. The van der Waals surface area contributed by atoms with Crippen molar-refractivity contribution in [2.45, 2.75) is 0 Å². The lowest BCUT2D eigenvalue weighted by Gasteiger charge is -2.12. The molecule has 1 aromatic heterocycles. The topological polar surface area (TPSA) is 31.6 Å². The molecule has 3 rings (SSSR count). The van der Waals surface area contributed by atoms with Crippen LogP contribution < -0.4 is 18.8 Å². The zero-order chi connectivity index (χ0) is 17.8. The van der Waals surface area contributed by atoms with Gasteiger partial charge in [0, 0.05) is 23.6 Å². The highest BCUT2D eigenvalue weighted by Gasteiger charge is 2.13. The molecule has 0 aliphatic carbocycles. The van der Waals surface area contributed by atoms with Crippen LogP contribution in [-0.4, -0.2) is 21.3 Å². The van der Waals surface area contributed by atoms with Crippen LogP contribution in [0.4, 0.5) is 0 Å². The van der Waals surface area contributed by atoms with Gasteiger partial charge in [-0.1, -0.05) is 12.1 Å². The average molecular weight is 336 g/mol. The Balaban J connectivity index is 2.01. The summed E-state index contributed by atoms with van der Waals surface area (Å²) >= 11 is 0. The number of para-hydroxylation sites is 1. The molecular formula is C21H22NO3+. The average Bonchev–Trinajstić information content (AvgIpc) is 2.66. The smallest absolute Gasteiger partial charge is 0.212 e. The van der Waals surface area contributed by atoms with E-state index in [0.29, 0.717) is 17.2 Å². The van der Waals surface area contributed by atoms with E-state index in [-0.39, 0.29) is 0 Å². The van der Waals surface area contributed by atoms with Crippen LogP contribution in [0.25, 0.3) is 23.1 Å². The van der Waals surface area contributed by atoms with Gasteiger partial charge in [-0.05, 0) is 35.9 Å². The maximum absolute atomic E-state index is 5.41. The molecule has 0 unspecified atom stereocenters. The van der Waals surface area contributed by atoms with Gasteiger partial charge >= 0.3 is 0 Å². The highest BCUT2D eigenvalue weighted by Crippen LogP contribution is 2.38. The number of rotatable bonds is 5. The molecule has 128 valence electrons. The molecular weight excluding hydrogens is 314 g/mol. The number of pyridine rings is 1. The molecule has 0 amide bonds. The molecule has 0 atom stereocenters. The minimum atomic E-state index is 0.596. The fraction of sp³-hybridized carbons (Fsp3) is 0.190. The monoisotopic (exact) mass is 336 g/mol. The fourth-order valence-electron chi connectivity index (χ4n) is 2.91. The summed E-state index contributed by atoms with van der Waals surface area (Å²) in [5.41, 5.74) is 3.27. The molecule has 0 saturated carbocycles. The Labute approximate surface area is 147 Å². The highest BCUT2D eigenvalue weighted by molar-refractivity contribution is 5.77. The number of hydrogen-bond acceptors (Lipinski definition) is 3. The van der Waals surface area contributed by atoms with Crippen molar-refractivity contribution in [1.29, 1.82) is 0 Å². The SMILES string of the molecule is COc1cc(C=Cc2ccc3ccccc3[n+]2C)cc(OC)c1OC. The van der Waals surface area contributed by atoms with Crippen molar-refractivity contribution in [1.82, 2.24) is 0 Å². The summed E-state index contributed by atoms with van der Waals surface area (Å²) in [7, 11) is 6.91. The zero-order valence-corrected chi connectivity index (χ0v) is 14.9. The summed E-state index contributed by atoms with van der Waals surface area (Å²) in [5, 5.41) is 1.22. The quantitative estimate of drug-likeness (QED) is 0.663. The van der Waals surface area contributed by atoms with Crippen LogP contribution in [0.2, 0.25) is 0 Å². The third-order valence-electron chi connectivity index (χ3n) is 4.25. The van der Waals surface area contributed by atoms with Crippen LogP contribution in [0.15, 0.2) is 48.5 Å². The predicted molar refractivity (Wildman–Crippen MR) is 100 cm³/mol. The first-order valence-corrected chi connectivity index (χ1v) is 8.03. The summed E-state index contributed by atoms with van der Waals surface area (Å²) in [6, 6.07) is 16.4. The van der Waals surface area contributed by atoms with Gasteiger partial charge in [0.25, 0.3) is 0 Å². The van der Waals surface area contributed by atoms with Gasteiger partial charge < -0.3 is 14.2 Å². The van der Waals surface area contributed by atoms with Crippen LogP contribution in [-0.2, 0) is 7.05 Å². The maximum Gasteiger partial charge on any atom is 0.212 e. The second-order valence-corrected chi connectivity index (χ2v) is 5.67. The number of ether oxygens (including phenoxy) is 3. The normalized spacial score (nSPS) is 11.0. The number of methoxy groups -OCH3 is 3. The predicted octanol–water partition coefficient (Wildman–Crippen LogP) is 3.86. The Hall–Kier alpha value is -3.01. The van der Waals surface area contributed by atoms with E-state index in [1.807, 2.05) is 24.3 Å². The second kappa shape index (κ2) is 7.26. The van der Waals surface area contributed by atoms with E-state index >= 15 is 0 Å². The lowest BCUT2D eigenvalue weighted by atomic mass is 10.1. The second-order valence-electron chi connectivity index (χ2n) is 5.67. The van der Waals surface area contributed by atoms with Crippen LogP contribution in [0, 0.1) is 0 Å². The van der Waals surface area contributed by atoms with E-state index in [1.165, 1.54) is 10.9 Å². The van der Waals surface area contributed by atoms with Crippen LogP contribution in [0.5, 0.6) is 17.2 Å². The molecule has 3 aromatic rings. The summed E-state index contributed by atoms with van der Waals surface area (Å²) in [4.78, 5) is 0. The number of aryl methyl sites for hydroxylation is 1. The van der Waals surface area contributed by atoms with E-state index in [0.717, 1.165) is 11.3 Å². The highest BCUT2D eigenvalue weighted by atomic mass is 16.5. The molecule has 4 heteroatoms. The van der Waals surface area contributed by atoms with Gasteiger partial charge in [0.05, 0.1) is 21.3 Å².